The molecule has 0 aliphatic heterocycles. The van der Waals surface area contributed by atoms with Gasteiger partial charge >= 0.3 is 12.1 Å². The van der Waals surface area contributed by atoms with Crippen molar-refractivity contribution in [2.45, 2.75) is 12.8 Å². The van der Waals surface area contributed by atoms with Crippen LogP contribution in [0.25, 0.3) is 11.1 Å². The third kappa shape index (κ3) is 4.99. The van der Waals surface area contributed by atoms with Crippen LogP contribution in [0.2, 0.25) is 0 Å². The first-order chi connectivity index (χ1) is 16.4. The van der Waals surface area contributed by atoms with Crippen LogP contribution in [0.4, 0.5) is 10.5 Å². The number of carboxylic acids is 1. The summed E-state index contributed by atoms with van der Waals surface area (Å²) in [7, 11) is 0. The van der Waals surface area contributed by atoms with Crippen molar-refractivity contribution in [1.82, 2.24) is 5.32 Å². The van der Waals surface area contributed by atoms with Gasteiger partial charge in [-0.15, -0.1) is 0 Å². The lowest BCUT2D eigenvalue weighted by Crippen LogP contribution is -2.26. The molecule has 0 aromatic heterocycles. The zero-order valence-corrected chi connectivity index (χ0v) is 18.6. The highest BCUT2D eigenvalue weighted by molar-refractivity contribution is 6.00. The number of nitrogens with one attached hydrogen (secondary N) is 2. The molecule has 34 heavy (non-hydrogen) atoms. The number of ether oxygens (including phenoxy) is 1. The number of hydrogen-bond donors (Lipinski definition) is 3. The number of carboxylic acid groups (broad SMARTS) is 1. The zero-order chi connectivity index (χ0) is 24.1. The summed E-state index contributed by atoms with van der Waals surface area (Å²) < 4.78 is 5.45. The third-order valence-corrected chi connectivity index (χ3v) is 5.72. The monoisotopic (exact) mass is 456 g/mol. The van der Waals surface area contributed by atoms with E-state index < -0.39 is 18.0 Å². The van der Waals surface area contributed by atoms with Gasteiger partial charge in [0.1, 0.15) is 6.61 Å². The predicted molar refractivity (Wildman–Crippen MR) is 129 cm³/mol. The van der Waals surface area contributed by atoms with Gasteiger partial charge in [0.05, 0.1) is 5.56 Å². The Labute approximate surface area is 197 Å². The molecule has 3 N–H and O–H groups in total. The fourth-order valence-corrected chi connectivity index (χ4v) is 4.02. The molecule has 7 nitrogen and oxygen atoms in total. The van der Waals surface area contributed by atoms with Gasteiger partial charge < -0.3 is 20.5 Å². The van der Waals surface area contributed by atoms with Crippen LogP contribution in [0.3, 0.4) is 0 Å². The first-order valence-corrected chi connectivity index (χ1v) is 10.8. The van der Waals surface area contributed by atoms with Gasteiger partial charge in [-0.3, -0.25) is 4.79 Å². The fourth-order valence-electron chi connectivity index (χ4n) is 4.02. The van der Waals surface area contributed by atoms with Crippen LogP contribution in [-0.4, -0.2) is 36.2 Å². The molecule has 7 heteroatoms. The Morgan fingerprint density at radius 3 is 2.26 bits per heavy atom. The van der Waals surface area contributed by atoms with Gasteiger partial charge in [-0.25, -0.2) is 9.59 Å². The van der Waals surface area contributed by atoms with Gasteiger partial charge in [-0.2, -0.15) is 0 Å². The largest absolute Gasteiger partial charge is 0.478 e. The molecule has 0 spiro atoms. The summed E-state index contributed by atoms with van der Waals surface area (Å²) in [5, 5.41) is 14.3. The van der Waals surface area contributed by atoms with Crippen molar-refractivity contribution in [2.24, 2.45) is 0 Å². The first kappa shape index (κ1) is 22.8. The highest BCUT2D eigenvalue weighted by Crippen LogP contribution is 2.44. The Morgan fingerprint density at radius 1 is 0.971 bits per heavy atom. The van der Waals surface area contributed by atoms with Crippen LogP contribution in [0.1, 0.15) is 33.0 Å². The molecule has 1 aliphatic rings. The lowest BCUT2D eigenvalue weighted by molar-refractivity contribution is -0.111. The number of hydrogen-bond acceptors (Lipinski definition) is 4. The number of rotatable bonds is 7. The van der Waals surface area contributed by atoms with E-state index in [2.05, 4.69) is 34.9 Å². The average Bonchev–Trinajstić information content (AvgIpc) is 3.15. The molecule has 3 aromatic rings. The second kappa shape index (κ2) is 10.0. The topological polar surface area (TPSA) is 105 Å². The van der Waals surface area contributed by atoms with Crippen molar-refractivity contribution in [3.8, 4) is 11.1 Å². The number of carbonyl (C=O) groups excluding carboxylic acids is 2. The minimum Gasteiger partial charge on any atom is -0.478 e. The van der Waals surface area contributed by atoms with E-state index in [1.54, 1.807) is 13.0 Å². The van der Waals surface area contributed by atoms with E-state index in [-0.39, 0.29) is 24.6 Å². The number of aryl methyl sites for hydroxylation is 1. The standard InChI is InChI=1S/C27H24N2O5/c1-17-12-13-18(26(31)32)15-24(17)29-25(30)11-6-14-28-27(33)34-16-23-21-9-4-2-7-19(21)20-8-3-5-10-22(20)23/h2-13,15,23H,14,16H2,1H3,(H,28,33)(H,29,30)(H,31,32)/b11-6+. The van der Waals surface area contributed by atoms with Crippen molar-refractivity contribution >= 4 is 23.7 Å². The van der Waals surface area contributed by atoms with E-state index in [9.17, 15) is 14.4 Å². The van der Waals surface area contributed by atoms with Crippen molar-refractivity contribution in [3.63, 3.8) is 0 Å². The SMILES string of the molecule is Cc1ccc(C(=O)O)cc1NC(=O)/C=C/CNC(=O)OCC1c2ccccc2-c2ccccc21. The maximum absolute atomic E-state index is 12.2. The summed E-state index contributed by atoms with van der Waals surface area (Å²) in [4.78, 5) is 35.4. The van der Waals surface area contributed by atoms with Gasteiger partial charge in [0, 0.05) is 24.2 Å². The zero-order valence-electron chi connectivity index (χ0n) is 18.6. The molecular formula is C27H24N2O5. The van der Waals surface area contributed by atoms with Gasteiger partial charge in [0.25, 0.3) is 0 Å². The molecule has 1 aliphatic carbocycles. The van der Waals surface area contributed by atoms with Crippen LogP contribution in [0.5, 0.6) is 0 Å². The smallest absolute Gasteiger partial charge is 0.407 e. The molecule has 0 bridgehead atoms. The molecule has 0 fully saturated rings. The van der Waals surface area contributed by atoms with Gasteiger partial charge in [-0.1, -0.05) is 60.7 Å². The van der Waals surface area contributed by atoms with E-state index in [4.69, 9.17) is 9.84 Å². The van der Waals surface area contributed by atoms with E-state index in [0.717, 1.165) is 27.8 Å². The third-order valence-electron chi connectivity index (χ3n) is 5.72. The number of carbonyl (C=O) groups is 3. The van der Waals surface area contributed by atoms with Crippen molar-refractivity contribution in [1.29, 1.82) is 0 Å². The highest BCUT2D eigenvalue weighted by Gasteiger charge is 2.28. The molecular weight excluding hydrogens is 432 g/mol. The molecule has 0 saturated heterocycles. The quantitative estimate of drug-likeness (QED) is 0.446. The first-order valence-electron chi connectivity index (χ1n) is 10.8. The summed E-state index contributed by atoms with van der Waals surface area (Å²) in [5.41, 5.74) is 5.82. The summed E-state index contributed by atoms with van der Waals surface area (Å²) >= 11 is 0. The van der Waals surface area contributed by atoms with E-state index in [1.165, 1.54) is 24.3 Å². The minimum absolute atomic E-state index is 0.0238. The van der Waals surface area contributed by atoms with Gasteiger partial charge in [0.15, 0.2) is 0 Å². The highest BCUT2D eigenvalue weighted by atomic mass is 16.5. The number of anilines is 1. The number of aromatic carboxylic acids is 1. The number of benzene rings is 3. The molecule has 0 radical (unpaired) electrons. The van der Waals surface area contributed by atoms with E-state index >= 15 is 0 Å². The van der Waals surface area contributed by atoms with Gasteiger partial charge in [-0.05, 0) is 46.9 Å². The molecule has 0 heterocycles. The Morgan fingerprint density at radius 2 is 1.62 bits per heavy atom. The molecule has 0 atom stereocenters. The van der Waals surface area contributed by atoms with Crippen LogP contribution in [-0.2, 0) is 9.53 Å². The Hall–Kier alpha value is -4.39. The van der Waals surface area contributed by atoms with E-state index in [1.807, 2.05) is 24.3 Å². The fraction of sp³-hybridized carbons (Fsp3) is 0.148. The van der Waals surface area contributed by atoms with Crippen LogP contribution < -0.4 is 10.6 Å². The van der Waals surface area contributed by atoms with Crippen LogP contribution in [0.15, 0.2) is 78.9 Å². The number of fused-ring (bicyclic) bond motifs is 3. The summed E-state index contributed by atoms with van der Waals surface area (Å²) in [6, 6.07) is 20.7. The van der Waals surface area contributed by atoms with Crippen LogP contribution in [0, 0.1) is 6.92 Å². The van der Waals surface area contributed by atoms with Crippen molar-refractivity contribution < 1.29 is 24.2 Å². The van der Waals surface area contributed by atoms with Gasteiger partial charge in [0.2, 0.25) is 5.91 Å². The summed E-state index contributed by atoms with van der Waals surface area (Å²) in [6.45, 7) is 2.09. The maximum Gasteiger partial charge on any atom is 0.407 e. The molecule has 0 saturated carbocycles. The minimum atomic E-state index is -1.07. The predicted octanol–water partition coefficient (Wildman–Crippen LogP) is 4.73. The lowest BCUT2D eigenvalue weighted by atomic mass is 9.98. The lowest BCUT2D eigenvalue weighted by Gasteiger charge is -2.14. The van der Waals surface area contributed by atoms with Crippen molar-refractivity contribution in [2.75, 3.05) is 18.5 Å². The molecule has 2 amide bonds. The van der Waals surface area contributed by atoms with E-state index in [0.29, 0.717) is 5.69 Å². The normalized spacial score (nSPS) is 12.1. The molecule has 3 aromatic carbocycles. The Kier molecular flexibility index (Phi) is 6.73. The Bertz CT molecular complexity index is 1240. The van der Waals surface area contributed by atoms with Crippen molar-refractivity contribution in [3.05, 3.63) is 101 Å². The number of alkyl carbamates (subject to hydrolysis) is 1. The second-order valence-corrected chi connectivity index (χ2v) is 7.93. The average molecular weight is 456 g/mol. The summed E-state index contributed by atoms with van der Waals surface area (Å²) in [6.07, 6.45) is 2.20. The van der Waals surface area contributed by atoms with Crippen LogP contribution >= 0.6 is 0 Å². The number of amides is 2. The maximum atomic E-state index is 12.2. The summed E-state index contributed by atoms with van der Waals surface area (Å²) in [5.74, 6) is -1.53. The molecule has 172 valence electrons. The molecule has 0 unspecified atom stereocenters. The molecule has 4 rings (SSSR count). The Balaban J connectivity index is 1.27. The second-order valence-electron chi connectivity index (χ2n) is 7.93.